The fraction of sp³-hybridized carbons (Fsp3) is 0.412. The molecular formula is C17H14Cl2F3NO9. The minimum Gasteiger partial charge on any atom is -0.474 e. The minimum absolute atomic E-state index is 0.0138. The summed E-state index contributed by atoms with van der Waals surface area (Å²) in [7, 11) is 0. The van der Waals surface area contributed by atoms with Gasteiger partial charge in [0.2, 0.25) is 12.4 Å². The Labute approximate surface area is 187 Å². The van der Waals surface area contributed by atoms with Crippen LogP contribution in [0, 0.1) is 10.1 Å². The van der Waals surface area contributed by atoms with Crippen molar-refractivity contribution in [1.29, 1.82) is 0 Å². The molecule has 0 N–H and O–H groups in total. The third-order valence-corrected chi connectivity index (χ3v) is 4.14. The molecule has 0 aromatic heterocycles. The van der Waals surface area contributed by atoms with E-state index in [2.05, 4.69) is 14.3 Å². The smallest absolute Gasteiger partial charge is 0.474 e. The molecule has 0 fully saturated rings. The van der Waals surface area contributed by atoms with Gasteiger partial charge in [0.15, 0.2) is 0 Å². The zero-order valence-electron chi connectivity index (χ0n) is 16.0. The van der Waals surface area contributed by atoms with Gasteiger partial charge in [-0.1, -0.05) is 23.2 Å². The topological polar surface area (TPSA) is 123 Å². The first kappa shape index (κ1) is 25.3. The van der Waals surface area contributed by atoms with E-state index < -0.39 is 41.4 Å². The van der Waals surface area contributed by atoms with E-state index in [1.165, 1.54) is 12.1 Å². The highest BCUT2D eigenvalue weighted by atomic mass is 35.5. The van der Waals surface area contributed by atoms with Gasteiger partial charge in [-0.05, 0) is 18.2 Å². The molecule has 176 valence electrons. The highest BCUT2D eigenvalue weighted by Gasteiger charge is 2.49. The largest absolute Gasteiger partial charge is 0.511 e. The van der Waals surface area contributed by atoms with E-state index >= 15 is 0 Å². The van der Waals surface area contributed by atoms with Crippen molar-refractivity contribution < 1.29 is 51.6 Å². The molecule has 2 unspecified atom stereocenters. The van der Waals surface area contributed by atoms with Crippen LogP contribution in [0.15, 0.2) is 17.7 Å². The predicted molar refractivity (Wildman–Crippen MR) is 100 cm³/mol. The van der Waals surface area contributed by atoms with E-state index in [1.807, 2.05) is 0 Å². The number of carbonyl (C=O) groups is 2. The Morgan fingerprint density at radius 1 is 1.25 bits per heavy atom. The first-order valence-electron chi connectivity index (χ1n) is 8.64. The van der Waals surface area contributed by atoms with Crippen molar-refractivity contribution in [1.82, 2.24) is 0 Å². The Balaban J connectivity index is 2.03. The summed E-state index contributed by atoms with van der Waals surface area (Å²) in [6.07, 6.45) is -9.83. The molecule has 15 heteroatoms. The maximum atomic E-state index is 13.5. The summed E-state index contributed by atoms with van der Waals surface area (Å²) in [5, 5.41) is 8.84. The second kappa shape index (κ2) is 10.6. The molecule has 0 amide bonds. The van der Waals surface area contributed by atoms with Gasteiger partial charge < -0.3 is 23.8 Å². The summed E-state index contributed by atoms with van der Waals surface area (Å²) in [5.41, 5.74) is -0.913. The van der Waals surface area contributed by atoms with Crippen LogP contribution in [-0.2, 0) is 23.8 Å². The highest BCUT2D eigenvalue weighted by molar-refractivity contribution is 6.36. The van der Waals surface area contributed by atoms with Gasteiger partial charge in [-0.2, -0.15) is 13.2 Å². The van der Waals surface area contributed by atoms with Crippen molar-refractivity contribution in [3.63, 3.8) is 0 Å². The number of nitrogens with zero attached hydrogens (tertiary/aromatic N) is 1. The Morgan fingerprint density at radius 2 is 1.94 bits per heavy atom. The van der Waals surface area contributed by atoms with Gasteiger partial charge in [0, 0.05) is 23.9 Å². The van der Waals surface area contributed by atoms with E-state index in [4.69, 9.17) is 32.7 Å². The lowest BCUT2D eigenvalue weighted by molar-refractivity contribution is -0.757. The van der Waals surface area contributed by atoms with Crippen LogP contribution >= 0.6 is 23.2 Å². The lowest BCUT2D eigenvalue weighted by atomic mass is 10.0. The zero-order chi connectivity index (χ0) is 24.1. The molecule has 0 radical (unpaired) electrons. The molecule has 0 spiro atoms. The number of hydrogen-bond acceptors (Lipinski definition) is 9. The summed E-state index contributed by atoms with van der Waals surface area (Å²) in [6.45, 7) is 0.400. The highest BCUT2D eigenvalue weighted by Crippen LogP contribution is 2.42. The van der Waals surface area contributed by atoms with Crippen LogP contribution in [0.1, 0.15) is 18.9 Å². The third kappa shape index (κ3) is 7.05. The van der Waals surface area contributed by atoms with Gasteiger partial charge in [0.1, 0.15) is 5.75 Å². The molecule has 1 aromatic carbocycles. The molecule has 0 bridgehead atoms. The van der Waals surface area contributed by atoms with Crippen LogP contribution < -0.4 is 4.74 Å². The number of esters is 1. The number of benzene rings is 1. The molecule has 10 nitrogen and oxygen atoms in total. The second-order valence-electron chi connectivity index (χ2n) is 6.04. The zero-order valence-corrected chi connectivity index (χ0v) is 17.5. The number of ether oxygens (including phenoxy) is 4. The molecule has 1 aliphatic rings. The van der Waals surface area contributed by atoms with Gasteiger partial charge >= 0.3 is 18.3 Å². The molecule has 1 heterocycles. The normalized spacial score (nSPS) is 16.1. The number of halogens is 5. The van der Waals surface area contributed by atoms with Crippen LogP contribution in [0.4, 0.5) is 18.0 Å². The van der Waals surface area contributed by atoms with Crippen molar-refractivity contribution in [2.45, 2.75) is 31.9 Å². The fourth-order valence-electron chi connectivity index (χ4n) is 2.41. The molecular weight excluding hydrogens is 490 g/mol. The molecule has 0 saturated heterocycles. The van der Waals surface area contributed by atoms with Crippen molar-refractivity contribution in [3.05, 3.63) is 43.4 Å². The van der Waals surface area contributed by atoms with Crippen LogP contribution in [0.5, 0.6) is 5.75 Å². The van der Waals surface area contributed by atoms with E-state index in [1.54, 1.807) is 0 Å². The number of alkyl halides is 3. The fourth-order valence-corrected chi connectivity index (χ4v) is 2.97. The van der Waals surface area contributed by atoms with Gasteiger partial charge in [-0.25, -0.2) is 9.59 Å². The molecule has 32 heavy (non-hydrogen) atoms. The van der Waals surface area contributed by atoms with E-state index in [-0.39, 0.29) is 41.0 Å². The summed E-state index contributed by atoms with van der Waals surface area (Å²) < 4.78 is 59.2. The second-order valence-corrected chi connectivity index (χ2v) is 6.89. The average molecular weight is 504 g/mol. The summed E-state index contributed by atoms with van der Waals surface area (Å²) in [6, 6.07) is 2.42. The van der Waals surface area contributed by atoms with Crippen molar-refractivity contribution in [2.75, 3.05) is 13.2 Å². The number of fused-ring (bicyclic) bond motifs is 1. The number of carbonyl (C=O) groups excluding carboxylic acids is 2. The first-order chi connectivity index (χ1) is 14.9. The minimum atomic E-state index is -5.00. The lowest BCUT2D eigenvalue weighted by Crippen LogP contribution is -2.41. The van der Waals surface area contributed by atoms with E-state index in [9.17, 15) is 32.9 Å². The Hall–Kier alpha value is -2.93. The molecule has 2 atom stereocenters. The molecule has 2 rings (SSSR count). The van der Waals surface area contributed by atoms with Crippen LogP contribution in [-0.4, -0.2) is 49.0 Å². The van der Waals surface area contributed by atoms with Crippen LogP contribution in [0.2, 0.25) is 10.0 Å². The van der Waals surface area contributed by atoms with Gasteiger partial charge in [0.25, 0.3) is 5.09 Å². The number of rotatable bonds is 8. The quantitative estimate of drug-likeness (QED) is 0.167. The average Bonchev–Trinajstić information content (AvgIpc) is 2.65. The van der Waals surface area contributed by atoms with Crippen LogP contribution in [0.25, 0.3) is 6.08 Å². The van der Waals surface area contributed by atoms with Gasteiger partial charge in [0.05, 0.1) is 23.8 Å². The van der Waals surface area contributed by atoms with Crippen LogP contribution in [0.3, 0.4) is 0 Å². The summed E-state index contributed by atoms with van der Waals surface area (Å²) >= 11 is 11.7. The Morgan fingerprint density at radius 3 is 2.56 bits per heavy atom. The molecule has 1 aromatic rings. The number of hydrogen-bond donors (Lipinski definition) is 0. The third-order valence-electron chi connectivity index (χ3n) is 3.64. The maximum absolute atomic E-state index is 13.5. The first-order valence-corrected chi connectivity index (χ1v) is 9.39. The van der Waals surface area contributed by atoms with Gasteiger partial charge in [-0.15, -0.1) is 10.1 Å². The molecule has 0 aliphatic carbocycles. The summed E-state index contributed by atoms with van der Waals surface area (Å²) in [4.78, 5) is 37.8. The van der Waals surface area contributed by atoms with Crippen molar-refractivity contribution in [2.24, 2.45) is 0 Å². The van der Waals surface area contributed by atoms with E-state index in [0.29, 0.717) is 0 Å². The Bertz CT molecular complexity index is 923. The standard InChI is InChI=1S/C17H14Cl2F3NO9/c1-8(31-16(25)28-3-2-4-29-23(26)27)30-15(24)11-6-9-5-10(18)7-12(19)13(9)32-14(11)17(20,21)22/h5-8,14H,2-4H2,1H3. The molecule has 1 aliphatic heterocycles. The molecule has 0 saturated carbocycles. The summed E-state index contributed by atoms with van der Waals surface area (Å²) in [5.74, 6) is -1.79. The predicted octanol–water partition coefficient (Wildman–Crippen LogP) is 4.34. The van der Waals surface area contributed by atoms with Crippen molar-refractivity contribution in [3.8, 4) is 5.75 Å². The SMILES string of the molecule is CC(OC(=O)OCCCO[N+](=O)[O-])OC(=O)C1=Cc2cc(Cl)cc(Cl)c2OC1C(F)(F)F. The lowest BCUT2D eigenvalue weighted by Gasteiger charge is -2.29. The Kier molecular flexibility index (Phi) is 8.38. The van der Waals surface area contributed by atoms with Crippen molar-refractivity contribution >= 4 is 41.4 Å². The maximum Gasteiger partial charge on any atom is 0.511 e. The van der Waals surface area contributed by atoms with E-state index in [0.717, 1.165) is 13.0 Å². The monoisotopic (exact) mass is 503 g/mol. The van der Waals surface area contributed by atoms with Gasteiger partial charge in [-0.3, -0.25) is 0 Å².